The van der Waals surface area contributed by atoms with Crippen molar-refractivity contribution in [2.75, 3.05) is 13.2 Å². The zero-order chi connectivity index (χ0) is 23.1. The summed E-state index contributed by atoms with van der Waals surface area (Å²) < 4.78 is 12.3. The average molecular weight is 452 g/mol. The number of aromatic nitrogens is 3. The molecule has 0 unspecified atom stereocenters. The molecule has 0 amide bonds. The Morgan fingerprint density at radius 2 is 1.18 bits per heavy atom. The topological polar surface area (TPSA) is 49.2 Å². The minimum Gasteiger partial charge on any atom is -0.493 e. The van der Waals surface area contributed by atoms with E-state index in [0.717, 1.165) is 47.7 Å². The summed E-state index contributed by atoms with van der Waals surface area (Å²) in [5.41, 5.74) is 2.61. The van der Waals surface area contributed by atoms with Crippen molar-refractivity contribution >= 4 is 11.0 Å². The Balaban J connectivity index is 1.61. The first-order chi connectivity index (χ1) is 16.3. The van der Waals surface area contributed by atoms with Crippen molar-refractivity contribution in [1.82, 2.24) is 15.0 Å². The van der Waals surface area contributed by atoms with Crippen LogP contribution >= 0.6 is 0 Å². The summed E-state index contributed by atoms with van der Waals surface area (Å²) in [5, 5.41) is 9.29. The maximum atomic E-state index is 6.23. The molecule has 0 fully saturated rings. The van der Waals surface area contributed by atoms with E-state index in [-0.39, 0.29) is 0 Å². The van der Waals surface area contributed by atoms with Crippen molar-refractivity contribution in [3.63, 3.8) is 0 Å². The minimum absolute atomic E-state index is 0.695. The standard InChI is InChI=1S/C28H41N3O2/c1-3-5-7-9-11-15-21-32-24-19-20-27(31-29-25-17-13-14-18-26(25)30-31)28(23-24)33-22-16-12-10-8-6-4-2/h13-14,17-20,23H,3-12,15-16,21-22H2,1-2H3. The second-order valence-corrected chi connectivity index (χ2v) is 8.84. The fourth-order valence-electron chi connectivity index (χ4n) is 3.97. The van der Waals surface area contributed by atoms with E-state index < -0.39 is 0 Å². The highest BCUT2D eigenvalue weighted by molar-refractivity contribution is 5.73. The van der Waals surface area contributed by atoms with Crippen molar-refractivity contribution < 1.29 is 9.47 Å². The van der Waals surface area contributed by atoms with Crippen LogP contribution in [0.25, 0.3) is 16.7 Å². The molecule has 0 aliphatic rings. The summed E-state index contributed by atoms with van der Waals surface area (Å²) >= 11 is 0. The molecule has 0 bridgehead atoms. The molecule has 3 rings (SSSR count). The van der Waals surface area contributed by atoms with Crippen LogP contribution in [0.5, 0.6) is 11.5 Å². The van der Waals surface area contributed by atoms with Gasteiger partial charge in [-0.2, -0.15) is 0 Å². The molecule has 33 heavy (non-hydrogen) atoms. The Morgan fingerprint density at radius 1 is 0.636 bits per heavy atom. The van der Waals surface area contributed by atoms with E-state index in [1.807, 2.05) is 42.5 Å². The molecule has 0 saturated carbocycles. The highest BCUT2D eigenvalue weighted by Gasteiger charge is 2.12. The van der Waals surface area contributed by atoms with Gasteiger partial charge in [0.1, 0.15) is 28.2 Å². The largest absolute Gasteiger partial charge is 0.493 e. The molecule has 180 valence electrons. The first-order valence-electron chi connectivity index (χ1n) is 13.0. The molecule has 0 N–H and O–H groups in total. The Kier molecular flexibility index (Phi) is 11.1. The van der Waals surface area contributed by atoms with Gasteiger partial charge in [-0.25, -0.2) is 0 Å². The molecule has 0 spiro atoms. The van der Waals surface area contributed by atoms with Gasteiger partial charge in [0.15, 0.2) is 0 Å². The fourth-order valence-corrected chi connectivity index (χ4v) is 3.97. The third kappa shape index (κ3) is 8.38. The monoisotopic (exact) mass is 451 g/mol. The summed E-state index contributed by atoms with van der Waals surface area (Å²) in [6.07, 6.45) is 15.0. The normalized spacial score (nSPS) is 11.2. The number of nitrogens with zero attached hydrogens (tertiary/aromatic N) is 3. The highest BCUT2D eigenvalue weighted by Crippen LogP contribution is 2.29. The van der Waals surface area contributed by atoms with Gasteiger partial charge in [-0.05, 0) is 37.1 Å². The van der Waals surface area contributed by atoms with Gasteiger partial charge in [-0.3, -0.25) is 0 Å². The van der Waals surface area contributed by atoms with Crippen molar-refractivity contribution in [1.29, 1.82) is 0 Å². The lowest BCUT2D eigenvalue weighted by atomic mass is 10.1. The number of unbranched alkanes of at least 4 members (excludes halogenated alkanes) is 10. The third-order valence-corrected chi connectivity index (χ3v) is 5.96. The summed E-state index contributed by atoms with van der Waals surface area (Å²) in [5.74, 6) is 1.63. The van der Waals surface area contributed by atoms with Crippen LogP contribution in [0.3, 0.4) is 0 Å². The summed E-state index contributed by atoms with van der Waals surface area (Å²) in [6, 6.07) is 13.9. The van der Waals surface area contributed by atoms with Gasteiger partial charge >= 0.3 is 0 Å². The van der Waals surface area contributed by atoms with Crippen LogP contribution in [0.15, 0.2) is 42.5 Å². The number of hydrogen-bond acceptors (Lipinski definition) is 4. The van der Waals surface area contributed by atoms with Gasteiger partial charge < -0.3 is 9.47 Å². The van der Waals surface area contributed by atoms with Gasteiger partial charge in [0.05, 0.1) is 13.2 Å². The molecule has 5 heteroatoms. The molecule has 2 aromatic carbocycles. The Hall–Kier alpha value is -2.56. The lowest BCUT2D eigenvalue weighted by Crippen LogP contribution is -2.06. The van der Waals surface area contributed by atoms with Crippen LogP contribution in [0, 0.1) is 0 Å². The van der Waals surface area contributed by atoms with E-state index in [1.165, 1.54) is 64.2 Å². The number of ether oxygens (including phenoxy) is 2. The zero-order valence-corrected chi connectivity index (χ0v) is 20.6. The summed E-state index contributed by atoms with van der Waals surface area (Å²) in [7, 11) is 0. The Labute approximate surface area is 199 Å². The van der Waals surface area contributed by atoms with Gasteiger partial charge in [0, 0.05) is 6.07 Å². The fraction of sp³-hybridized carbons (Fsp3) is 0.571. The average Bonchev–Trinajstić information content (AvgIpc) is 3.27. The van der Waals surface area contributed by atoms with Crippen LogP contribution in [0.1, 0.15) is 90.9 Å². The number of benzene rings is 2. The summed E-state index contributed by atoms with van der Waals surface area (Å²) in [4.78, 5) is 1.68. The lowest BCUT2D eigenvalue weighted by molar-refractivity contribution is 0.288. The molecule has 1 aromatic heterocycles. The van der Waals surface area contributed by atoms with Crippen LogP contribution in [-0.2, 0) is 0 Å². The van der Waals surface area contributed by atoms with Crippen LogP contribution in [0.2, 0.25) is 0 Å². The zero-order valence-electron chi connectivity index (χ0n) is 20.6. The van der Waals surface area contributed by atoms with Crippen molar-refractivity contribution in [3.8, 4) is 17.2 Å². The maximum Gasteiger partial charge on any atom is 0.150 e. The molecule has 3 aromatic rings. The third-order valence-electron chi connectivity index (χ3n) is 5.96. The Morgan fingerprint density at radius 3 is 1.79 bits per heavy atom. The lowest BCUT2D eigenvalue weighted by Gasteiger charge is -2.13. The predicted molar refractivity (Wildman–Crippen MR) is 137 cm³/mol. The van der Waals surface area contributed by atoms with E-state index >= 15 is 0 Å². The Bertz CT molecular complexity index is 905. The van der Waals surface area contributed by atoms with Gasteiger partial charge in [0.2, 0.25) is 0 Å². The van der Waals surface area contributed by atoms with Crippen molar-refractivity contribution in [3.05, 3.63) is 42.5 Å². The predicted octanol–water partition coefficient (Wildman–Crippen LogP) is 7.90. The molecule has 1 heterocycles. The van der Waals surface area contributed by atoms with Crippen molar-refractivity contribution in [2.45, 2.75) is 90.9 Å². The van der Waals surface area contributed by atoms with E-state index in [4.69, 9.17) is 9.47 Å². The van der Waals surface area contributed by atoms with Crippen LogP contribution < -0.4 is 9.47 Å². The highest BCUT2D eigenvalue weighted by atomic mass is 16.5. The van der Waals surface area contributed by atoms with Gasteiger partial charge in [-0.1, -0.05) is 90.2 Å². The van der Waals surface area contributed by atoms with E-state index in [0.29, 0.717) is 6.61 Å². The van der Waals surface area contributed by atoms with E-state index in [9.17, 15) is 0 Å². The van der Waals surface area contributed by atoms with E-state index in [1.54, 1.807) is 4.80 Å². The number of hydrogen-bond donors (Lipinski definition) is 0. The molecule has 0 aliphatic carbocycles. The first kappa shape index (κ1) is 25.1. The first-order valence-corrected chi connectivity index (χ1v) is 13.0. The second kappa shape index (κ2) is 14.6. The molecule has 0 atom stereocenters. The minimum atomic E-state index is 0.695. The quantitative estimate of drug-likeness (QED) is 0.196. The molecular weight excluding hydrogens is 410 g/mol. The smallest absolute Gasteiger partial charge is 0.150 e. The van der Waals surface area contributed by atoms with E-state index in [2.05, 4.69) is 24.0 Å². The number of fused-ring (bicyclic) bond motifs is 1. The van der Waals surface area contributed by atoms with Crippen LogP contribution in [0.4, 0.5) is 0 Å². The van der Waals surface area contributed by atoms with Gasteiger partial charge in [-0.15, -0.1) is 15.0 Å². The molecular formula is C28H41N3O2. The molecule has 5 nitrogen and oxygen atoms in total. The molecule has 0 saturated heterocycles. The SMILES string of the molecule is CCCCCCCCOc1ccc(-n2nc3ccccc3n2)c(OCCCCCCCC)c1. The molecule has 0 aliphatic heterocycles. The second-order valence-electron chi connectivity index (χ2n) is 8.84. The maximum absolute atomic E-state index is 6.23. The number of rotatable bonds is 17. The molecule has 0 radical (unpaired) electrons. The summed E-state index contributed by atoms with van der Waals surface area (Å²) in [6.45, 7) is 5.94. The van der Waals surface area contributed by atoms with Crippen molar-refractivity contribution in [2.24, 2.45) is 0 Å². The van der Waals surface area contributed by atoms with Crippen LogP contribution in [-0.4, -0.2) is 28.2 Å². The van der Waals surface area contributed by atoms with Gasteiger partial charge in [0.25, 0.3) is 0 Å².